The van der Waals surface area contributed by atoms with Gasteiger partial charge >= 0.3 is 0 Å². The normalized spacial score (nSPS) is 11.5. The van der Waals surface area contributed by atoms with Crippen molar-refractivity contribution in [2.75, 3.05) is 22.6 Å². The van der Waals surface area contributed by atoms with E-state index >= 15 is 0 Å². The number of nitrogens with one attached hydrogen (secondary N) is 1. The highest BCUT2D eigenvalue weighted by atomic mass is 32.3. The van der Waals surface area contributed by atoms with E-state index in [1.54, 1.807) is 6.07 Å². The molecule has 0 atom stereocenters. The molecule has 0 aliphatic carbocycles. The second kappa shape index (κ2) is 6.01. The molecule has 0 fully saturated rings. The molecule has 0 aliphatic rings. The molecule has 0 aromatic carbocycles. The van der Waals surface area contributed by atoms with Crippen LogP contribution in [0.3, 0.4) is 0 Å². The SMILES string of the molecule is CS(=O)(=O)CS(=O)(=O)Nc1cc(C#CCN)ccn1. The van der Waals surface area contributed by atoms with E-state index in [0.29, 0.717) is 5.56 Å². The van der Waals surface area contributed by atoms with Crippen molar-refractivity contribution in [1.82, 2.24) is 4.98 Å². The molecule has 1 aromatic heterocycles. The minimum Gasteiger partial charge on any atom is -0.320 e. The quantitative estimate of drug-likeness (QED) is 0.698. The Labute approximate surface area is 112 Å². The largest absolute Gasteiger partial charge is 0.320 e. The molecule has 0 unspecified atom stereocenters. The summed E-state index contributed by atoms with van der Waals surface area (Å²) in [6.45, 7) is 0.178. The third-order valence-corrected chi connectivity index (χ3v) is 5.20. The van der Waals surface area contributed by atoms with Gasteiger partial charge in [0.05, 0.1) is 6.54 Å². The van der Waals surface area contributed by atoms with Gasteiger partial charge in [0.2, 0.25) is 10.0 Å². The second-order valence-corrected chi connectivity index (χ2v) is 7.92. The number of aromatic nitrogens is 1. The Morgan fingerprint density at radius 1 is 1.37 bits per heavy atom. The number of rotatable bonds is 4. The molecule has 0 amide bonds. The number of nitrogens with two attached hydrogens (primary N) is 1. The van der Waals surface area contributed by atoms with E-state index in [-0.39, 0.29) is 12.4 Å². The zero-order valence-corrected chi connectivity index (χ0v) is 11.8. The van der Waals surface area contributed by atoms with Crippen LogP contribution in [-0.4, -0.2) is 39.7 Å². The second-order valence-electron chi connectivity index (χ2n) is 3.70. The molecule has 0 aliphatic heterocycles. The van der Waals surface area contributed by atoms with E-state index in [4.69, 9.17) is 5.73 Å². The Morgan fingerprint density at radius 2 is 2.05 bits per heavy atom. The molecule has 1 rings (SSSR count). The first-order chi connectivity index (χ1) is 8.72. The fraction of sp³-hybridized carbons (Fsp3) is 0.300. The van der Waals surface area contributed by atoms with Crippen LogP contribution in [-0.2, 0) is 19.9 Å². The molecular weight excluding hydrogens is 290 g/mol. The molecule has 1 aromatic rings. The molecule has 3 N–H and O–H groups in total. The molecule has 0 saturated heterocycles. The fourth-order valence-corrected chi connectivity index (χ4v) is 4.11. The van der Waals surface area contributed by atoms with Crippen LogP contribution in [0.2, 0.25) is 0 Å². The van der Waals surface area contributed by atoms with Crippen molar-refractivity contribution in [2.24, 2.45) is 5.73 Å². The maximum absolute atomic E-state index is 11.6. The highest BCUT2D eigenvalue weighted by molar-refractivity contribution is 8.08. The summed E-state index contributed by atoms with van der Waals surface area (Å²) < 4.78 is 47.1. The summed E-state index contributed by atoms with van der Waals surface area (Å²) in [7, 11) is -7.65. The van der Waals surface area contributed by atoms with E-state index < -0.39 is 24.9 Å². The number of nitrogens with zero attached hydrogens (tertiary/aromatic N) is 1. The Morgan fingerprint density at radius 3 is 2.63 bits per heavy atom. The van der Waals surface area contributed by atoms with Crippen LogP contribution >= 0.6 is 0 Å². The number of pyridine rings is 1. The minimum atomic E-state index is -4.00. The molecule has 104 valence electrons. The smallest absolute Gasteiger partial charge is 0.248 e. The van der Waals surface area contributed by atoms with Crippen LogP contribution in [0.5, 0.6) is 0 Å². The number of hydrogen-bond donors (Lipinski definition) is 2. The van der Waals surface area contributed by atoms with Gasteiger partial charge in [-0.15, -0.1) is 0 Å². The maximum Gasteiger partial charge on any atom is 0.248 e. The highest BCUT2D eigenvalue weighted by Crippen LogP contribution is 2.08. The summed E-state index contributed by atoms with van der Waals surface area (Å²) in [6.07, 6.45) is 2.20. The van der Waals surface area contributed by atoms with E-state index in [2.05, 4.69) is 21.5 Å². The first-order valence-electron chi connectivity index (χ1n) is 5.05. The number of sulfonamides is 1. The summed E-state index contributed by atoms with van der Waals surface area (Å²) in [5.74, 6) is 5.33. The highest BCUT2D eigenvalue weighted by Gasteiger charge is 2.18. The van der Waals surface area contributed by atoms with Gasteiger partial charge in [-0.1, -0.05) is 11.8 Å². The van der Waals surface area contributed by atoms with Crippen molar-refractivity contribution < 1.29 is 16.8 Å². The van der Waals surface area contributed by atoms with Gasteiger partial charge in [-0.3, -0.25) is 4.72 Å². The van der Waals surface area contributed by atoms with E-state index in [9.17, 15) is 16.8 Å². The van der Waals surface area contributed by atoms with Gasteiger partial charge in [0.25, 0.3) is 0 Å². The Kier molecular flexibility index (Phi) is 4.88. The first-order valence-corrected chi connectivity index (χ1v) is 8.76. The van der Waals surface area contributed by atoms with Crippen LogP contribution in [0.25, 0.3) is 0 Å². The zero-order valence-electron chi connectivity index (χ0n) is 10.1. The molecule has 9 heteroatoms. The van der Waals surface area contributed by atoms with Crippen LogP contribution in [0.4, 0.5) is 5.82 Å². The van der Waals surface area contributed by atoms with Crippen molar-refractivity contribution in [3.05, 3.63) is 23.9 Å². The van der Waals surface area contributed by atoms with Crippen LogP contribution < -0.4 is 10.5 Å². The predicted molar refractivity (Wildman–Crippen MR) is 72.4 cm³/mol. The summed E-state index contributed by atoms with van der Waals surface area (Å²) in [5.41, 5.74) is 5.74. The minimum absolute atomic E-state index is 0.00692. The zero-order chi connectivity index (χ0) is 14.5. The Bertz CT molecular complexity index is 715. The lowest BCUT2D eigenvalue weighted by Gasteiger charge is -2.06. The molecule has 0 spiro atoms. The predicted octanol–water partition coefficient (Wildman–Crippen LogP) is -0.864. The van der Waals surface area contributed by atoms with E-state index in [1.165, 1.54) is 12.3 Å². The Hall–Kier alpha value is -1.63. The number of sulfone groups is 1. The van der Waals surface area contributed by atoms with Gasteiger partial charge in [-0.05, 0) is 12.1 Å². The summed E-state index contributed by atoms with van der Waals surface area (Å²) in [6, 6.07) is 2.97. The average molecular weight is 303 g/mol. The fourth-order valence-electron chi connectivity index (χ4n) is 1.19. The van der Waals surface area contributed by atoms with Gasteiger partial charge in [0, 0.05) is 18.0 Å². The van der Waals surface area contributed by atoms with Crippen molar-refractivity contribution in [3.63, 3.8) is 0 Å². The molecule has 1 heterocycles. The summed E-state index contributed by atoms with van der Waals surface area (Å²) in [4.78, 5) is 3.78. The van der Waals surface area contributed by atoms with Crippen molar-refractivity contribution >= 4 is 25.7 Å². The van der Waals surface area contributed by atoms with E-state index in [1.807, 2.05) is 0 Å². The van der Waals surface area contributed by atoms with Crippen LogP contribution in [0.15, 0.2) is 18.3 Å². The average Bonchev–Trinajstić information content (AvgIpc) is 2.22. The third kappa shape index (κ3) is 6.19. The standard InChI is InChI=1S/C10H13N3O4S2/c1-18(14,15)8-19(16,17)13-10-7-9(3-2-5-11)4-6-12-10/h4,6-7H,5,8,11H2,1H3,(H,12,13). The van der Waals surface area contributed by atoms with Gasteiger partial charge in [0.15, 0.2) is 14.9 Å². The Balaban J connectivity index is 2.94. The van der Waals surface area contributed by atoms with Gasteiger partial charge in [-0.25, -0.2) is 21.8 Å². The lowest BCUT2D eigenvalue weighted by atomic mass is 10.2. The van der Waals surface area contributed by atoms with Crippen LogP contribution in [0, 0.1) is 11.8 Å². The lowest BCUT2D eigenvalue weighted by molar-refractivity contribution is 0.595. The van der Waals surface area contributed by atoms with Crippen molar-refractivity contribution in [2.45, 2.75) is 0 Å². The first kappa shape index (κ1) is 15.4. The number of hydrogen-bond acceptors (Lipinski definition) is 6. The third-order valence-electron chi connectivity index (χ3n) is 1.72. The maximum atomic E-state index is 11.6. The summed E-state index contributed by atoms with van der Waals surface area (Å²) in [5, 5.41) is -1.000. The molecule has 19 heavy (non-hydrogen) atoms. The lowest BCUT2D eigenvalue weighted by Crippen LogP contribution is -2.22. The van der Waals surface area contributed by atoms with Crippen LogP contribution in [0.1, 0.15) is 5.56 Å². The van der Waals surface area contributed by atoms with E-state index in [0.717, 1.165) is 6.26 Å². The monoisotopic (exact) mass is 303 g/mol. The number of anilines is 1. The van der Waals surface area contributed by atoms with Gasteiger partial charge in [-0.2, -0.15) is 0 Å². The van der Waals surface area contributed by atoms with Gasteiger partial charge in [0.1, 0.15) is 5.82 Å². The molecular formula is C10H13N3O4S2. The van der Waals surface area contributed by atoms with Gasteiger partial charge < -0.3 is 5.73 Å². The van der Waals surface area contributed by atoms with Crippen molar-refractivity contribution in [3.8, 4) is 11.8 Å². The topological polar surface area (TPSA) is 119 Å². The van der Waals surface area contributed by atoms with Crippen molar-refractivity contribution in [1.29, 1.82) is 0 Å². The molecule has 0 radical (unpaired) electrons. The molecule has 7 nitrogen and oxygen atoms in total. The molecule has 0 saturated carbocycles. The summed E-state index contributed by atoms with van der Waals surface area (Å²) >= 11 is 0. The molecule has 0 bridgehead atoms.